The van der Waals surface area contributed by atoms with E-state index in [0.717, 1.165) is 81.8 Å². The highest BCUT2D eigenvalue weighted by Crippen LogP contribution is 2.27. The van der Waals surface area contributed by atoms with E-state index in [-0.39, 0.29) is 5.41 Å². The number of piperazine rings is 1. The van der Waals surface area contributed by atoms with Gasteiger partial charge in [0.1, 0.15) is 11.6 Å². The first-order valence-electron chi connectivity index (χ1n) is 12.1. The minimum absolute atomic E-state index is 0.102. The number of nitrogens with zero attached hydrogens (tertiary/aromatic N) is 5. The fraction of sp³-hybridized carbons (Fsp3) is 0.640. The second-order valence-electron chi connectivity index (χ2n) is 10.0. The van der Waals surface area contributed by atoms with E-state index >= 15 is 0 Å². The van der Waals surface area contributed by atoms with Gasteiger partial charge in [0.25, 0.3) is 5.56 Å². The van der Waals surface area contributed by atoms with Crippen LogP contribution in [0.4, 0.5) is 19.0 Å². The molecule has 0 spiro atoms. The van der Waals surface area contributed by atoms with Crippen LogP contribution in [0.2, 0.25) is 0 Å². The molecule has 1 aliphatic rings. The Morgan fingerprint density at radius 3 is 2.24 bits per heavy atom. The van der Waals surface area contributed by atoms with Crippen molar-refractivity contribution in [1.29, 1.82) is 0 Å². The van der Waals surface area contributed by atoms with Gasteiger partial charge in [-0.05, 0) is 31.9 Å². The van der Waals surface area contributed by atoms with Crippen LogP contribution in [0, 0.1) is 0 Å². The summed E-state index contributed by atoms with van der Waals surface area (Å²) < 4.78 is 39.5. The third-order valence-electron chi connectivity index (χ3n) is 6.09. The second-order valence-corrected chi connectivity index (χ2v) is 10.0. The summed E-state index contributed by atoms with van der Waals surface area (Å²) in [6, 6.07) is 3.75. The lowest BCUT2D eigenvalue weighted by Gasteiger charge is -2.36. The smallest absolute Gasteiger partial charge is 0.354 e. The number of anilines is 1. The zero-order valence-corrected chi connectivity index (χ0v) is 20.7. The van der Waals surface area contributed by atoms with E-state index in [1.165, 1.54) is 10.8 Å². The molecule has 3 rings (SSSR count). The minimum Gasteiger partial charge on any atom is -0.354 e. The molecule has 0 N–H and O–H groups in total. The van der Waals surface area contributed by atoms with Gasteiger partial charge in [0.05, 0.1) is 5.56 Å². The van der Waals surface area contributed by atoms with Crippen LogP contribution in [-0.4, -0.2) is 52.2 Å². The molecule has 0 unspecified atom stereocenters. The monoisotopic (exact) mass is 479 g/mol. The van der Waals surface area contributed by atoms with Gasteiger partial charge in [0.15, 0.2) is 0 Å². The lowest BCUT2D eigenvalue weighted by atomic mass is 9.95. The molecule has 0 amide bonds. The van der Waals surface area contributed by atoms with Crippen LogP contribution in [0.5, 0.6) is 0 Å². The summed E-state index contributed by atoms with van der Waals surface area (Å²) in [5.41, 5.74) is -0.509. The molecule has 3 heterocycles. The van der Waals surface area contributed by atoms with Crippen LogP contribution in [0.15, 0.2) is 29.2 Å². The zero-order valence-electron chi connectivity index (χ0n) is 20.7. The van der Waals surface area contributed by atoms with Gasteiger partial charge in [0, 0.05) is 62.2 Å². The molecule has 0 atom stereocenters. The van der Waals surface area contributed by atoms with Crippen molar-refractivity contribution in [3.8, 4) is 0 Å². The van der Waals surface area contributed by atoms with Gasteiger partial charge in [-0.3, -0.25) is 9.69 Å². The van der Waals surface area contributed by atoms with E-state index in [2.05, 4.69) is 43.6 Å². The Labute approximate surface area is 199 Å². The predicted molar refractivity (Wildman–Crippen MR) is 128 cm³/mol. The highest BCUT2D eigenvalue weighted by atomic mass is 19.4. The lowest BCUT2D eigenvalue weighted by molar-refractivity contribution is -0.137. The molecule has 0 saturated carbocycles. The quantitative estimate of drug-likeness (QED) is 0.522. The Hall–Kier alpha value is -2.42. The van der Waals surface area contributed by atoms with Crippen LogP contribution in [0.1, 0.15) is 64.0 Å². The molecule has 0 radical (unpaired) electrons. The summed E-state index contributed by atoms with van der Waals surface area (Å²) in [6.45, 7) is 13.5. The van der Waals surface area contributed by atoms with Crippen molar-refractivity contribution in [1.82, 2.24) is 19.4 Å². The maximum absolute atomic E-state index is 12.7. The first kappa shape index (κ1) is 26.2. The van der Waals surface area contributed by atoms with E-state index in [1.54, 1.807) is 0 Å². The maximum atomic E-state index is 12.7. The number of aryl methyl sites for hydroxylation is 2. The number of hydrogen-bond acceptors (Lipinski definition) is 5. The molecule has 0 aliphatic carbocycles. The third kappa shape index (κ3) is 7.04. The number of hydrogen-bond donors (Lipinski definition) is 0. The first-order valence-corrected chi connectivity index (χ1v) is 12.1. The molecule has 0 bridgehead atoms. The van der Waals surface area contributed by atoms with Crippen LogP contribution in [0.3, 0.4) is 0 Å². The molecule has 1 fully saturated rings. The van der Waals surface area contributed by atoms with E-state index in [9.17, 15) is 18.0 Å². The number of halogens is 3. The number of pyridine rings is 1. The predicted octanol–water partition coefficient (Wildman–Crippen LogP) is 4.51. The average molecular weight is 480 g/mol. The van der Waals surface area contributed by atoms with Crippen molar-refractivity contribution < 1.29 is 13.2 Å². The van der Waals surface area contributed by atoms with Gasteiger partial charge in [-0.25, -0.2) is 9.97 Å². The standard InChI is InChI=1S/C25H36F3N5O/c1-5-8-20-18-21(30-23(29-20)24(2,3)4)32-15-13-31(14-16-32)10-6-7-11-33-12-9-19(17-22(33)34)25(26,27)28/h9,12,17-18H,5-8,10-11,13-16H2,1-4H3. The van der Waals surface area contributed by atoms with Crippen molar-refractivity contribution in [2.45, 2.75) is 71.5 Å². The number of unbranched alkanes of at least 4 members (excludes halogenated alkanes) is 1. The highest BCUT2D eigenvalue weighted by Gasteiger charge is 2.31. The van der Waals surface area contributed by atoms with Crippen LogP contribution in [-0.2, 0) is 24.6 Å². The normalized spacial score (nSPS) is 15.7. The Balaban J connectivity index is 1.49. The van der Waals surface area contributed by atoms with Crippen molar-refractivity contribution >= 4 is 5.82 Å². The van der Waals surface area contributed by atoms with Crippen LogP contribution >= 0.6 is 0 Å². The average Bonchev–Trinajstić information content (AvgIpc) is 2.77. The molecule has 2 aromatic rings. The van der Waals surface area contributed by atoms with Crippen molar-refractivity contribution in [3.05, 3.63) is 51.8 Å². The van der Waals surface area contributed by atoms with Gasteiger partial charge in [-0.2, -0.15) is 13.2 Å². The molecule has 188 valence electrons. The van der Waals surface area contributed by atoms with E-state index in [1.807, 2.05) is 0 Å². The molecule has 2 aromatic heterocycles. The first-order chi connectivity index (χ1) is 16.0. The van der Waals surface area contributed by atoms with E-state index in [0.29, 0.717) is 12.6 Å². The summed E-state index contributed by atoms with van der Waals surface area (Å²) in [6.07, 6.45) is 0.373. The van der Waals surface area contributed by atoms with Gasteiger partial charge in [-0.1, -0.05) is 34.1 Å². The Morgan fingerprint density at radius 2 is 1.65 bits per heavy atom. The Kier molecular flexibility index (Phi) is 8.38. The molecular formula is C25H36F3N5O. The second kappa shape index (κ2) is 10.9. The van der Waals surface area contributed by atoms with Gasteiger partial charge >= 0.3 is 6.18 Å². The Morgan fingerprint density at radius 1 is 0.971 bits per heavy atom. The van der Waals surface area contributed by atoms with Crippen molar-refractivity contribution in [2.75, 3.05) is 37.6 Å². The molecule has 6 nitrogen and oxygen atoms in total. The lowest BCUT2D eigenvalue weighted by Crippen LogP contribution is -2.47. The SMILES string of the molecule is CCCc1cc(N2CCN(CCCCn3ccc(C(F)(F)F)cc3=O)CC2)nc(C(C)(C)C)n1. The summed E-state index contributed by atoms with van der Waals surface area (Å²) in [5.74, 6) is 1.89. The molecular weight excluding hydrogens is 443 g/mol. The maximum Gasteiger partial charge on any atom is 0.416 e. The van der Waals surface area contributed by atoms with Gasteiger partial charge < -0.3 is 9.47 Å². The topological polar surface area (TPSA) is 54.3 Å². The third-order valence-corrected chi connectivity index (χ3v) is 6.09. The molecule has 9 heteroatoms. The molecule has 34 heavy (non-hydrogen) atoms. The number of rotatable bonds is 8. The van der Waals surface area contributed by atoms with Gasteiger partial charge in [0.2, 0.25) is 0 Å². The zero-order chi connectivity index (χ0) is 24.9. The molecule has 1 aliphatic heterocycles. The van der Waals surface area contributed by atoms with E-state index < -0.39 is 17.3 Å². The molecule has 0 aromatic carbocycles. The largest absolute Gasteiger partial charge is 0.416 e. The van der Waals surface area contributed by atoms with Crippen LogP contribution in [0.25, 0.3) is 0 Å². The summed E-state index contributed by atoms with van der Waals surface area (Å²) in [7, 11) is 0. The Bertz CT molecular complexity index is 1000. The number of alkyl halides is 3. The fourth-order valence-electron chi connectivity index (χ4n) is 4.05. The highest BCUT2D eigenvalue weighted by molar-refractivity contribution is 5.41. The van der Waals surface area contributed by atoms with Crippen molar-refractivity contribution in [2.24, 2.45) is 0 Å². The summed E-state index contributed by atoms with van der Waals surface area (Å²) >= 11 is 0. The van der Waals surface area contributed by atoms with E-state index in [4.69, 9.17) is 9.97 Å². The number of aromatic nitrogens is 3. The fourth-order valence-corrected chi connectivity index (χ4v) is 4.05. The molecule has 1 saturated heterocycles. The van der Waals surface area contributed by atoms with Crippen molar-refractivity contribution in [3.63, 3.8) is 0 Å². The van der Waals surface area contributed by atoms with Gasteiger partial charge in [-0.15, -0.1) is 0 Å². The summed E-state index contributed by atoms with van der Waals surface area (Å²) in [4.78, 5) is 26.3. The van der Waals surface area contributed by atoms with Crippen LogP contribution < -0.4 is 10.5 Å². The minimum atomic E-state index is -4.49. The summed E-state index contributed by atoms with van der Waals surface area (Å²) in [5, 5.41) is 0.